The van der Waals surface area contributed by atoms with Gasteiger partial charge in [0.1, 0.15) is 0 Å². The van der Waals surface area contributed by atoms with Crippen LogP contribution in [0.4, 0.5) is 5.69 Å². The molecule has 2 rings (SSSR count). The number of rotatable bonds is 9. The first-order valence-electron chi connectivity index (χ1n) is 7.67. The molecule has 2 aromatic carbocycles. The van der Waals surface area contributed by atoms with Gasteiger partial charge in [0.15, 0.2) is 0 Å². The third-order valence-corrected chi connectivity index (χ3v) is 5.34. The van der Waals surface area contributed by atoms with E-state index in [2.05, 4.69) is 5.32 Å². The second-order valence-electron chi connectivity index (χ2n) is 5.24. The van der Waals surface area contributed by atoms with Gasteiger partial charge in [-0.25, -0.2) is 0 Å². The summed E-state index contributed by atoms with van der Waals surface area (Å²) >= 11 is 2.65. The van der Waals surface area contributed by atoms with Crippen LogP contribution in [0.25, 0.3) is 0 Å². The van der Waals surface area contributed by atoms with E-state index in [0.717, 1.165) is 10.5 Å². The van der Waals surface area contributed by atoms with Gasteiger partial charge in [-0.15, -0.1) is 23.5 Å². The lowest BCUT2D eigenvalue weighted by Gasteiger charge is -2.12. The number of carbonyl (C=O) groups excluding carboxylic acids is 2. The highest BCUT2D eigenvalue weighted by Gasteiger charge is 2.11. The summed E-state index contributed by atoms with van der Waals surface area (Å²) in [6.45, 7) is 0. The van der Waals surface area contributed by atoms with Crippen LogP contribution >= 0.6 is 23.5 Å². The van der Waals surface area contributed by atoms with Crippen LogP contribution in [-0.2, 0) is 9.59 Å². The second kappa shape index (κ2) is 10.1. The standard InChI is InChI=1S/C18H20N2O3S2/c19-17(22)11-25-16-9-5-4-8-14(16)20-18(23)12-24-10-15(21)13-6-2-1-3-7-13/h1-9,15,21H,10-12H2,(H2,19,22)(H,20,23). The first kappa shape index (κ1) is 19.4. The van der Waals surface area contributed by atoms with E-state index in [1.807, 2.05) is 48.5 Å². The topological polar surface area (TPSA) is 92.4 Å². The van der Waals surface area contributed by atoms with Gasteiger partial charge in [-0.2, -0.15) is 0 Å². The number of benzene rings is 2. The molecule has 2 amide bonds. The highest BCUT2D eigenvalue weighted by atomic mass is 32.2. The van der Waals surface area contributed by atoms with Gasteiger partial charge in [-0.05, 0) is 17.7 Å². The molecule has 0 heterocycles. The smallest absolute Gasteiger partial charge is 0.234 e. The normalized spacial score (nSPS) is 11.7. The minimum Gasteiger partial charge on any atom is -0.388 e. The molecule has 5 nitrogen and oxygen atoms in total. The van der Waals surface area contributed by atoms with Crippen LogP contribution in [0.1, 0.15) is 11.7 Å². The molecule has 2 aromatic rings. The summed E-state index contributed by atoms with van der Waals surface area (Å²) in [6.07, 6.45) is -0.600. The molecule has 0 aliphatic rings. The van der Waals surface area contributed by atoms with Crippen LogP contribution in [0.5, 0.6) is 0 Å². The summed E-state index contributed by atoms with van der Waals surface area (Å²) in [7, 11) is 0. The van der Waals surface area contributed by atoms with Gasteiger partial charge in [0.05, 0.1) is 23.3 Å². The monoisotopic (exact) mass is 376 g/mol. The predicted molar refractivity (Wildman–Crippen MR) is 104 cm³/mol. The van der Waals surface area contributed by atoms with Crippen molar-refractivity contribution in [2.75, 3.05) is 22.6 Å². The third kappa shape index (κ3) is 6.81. The van der Waals surface area contributed by atoms with Crippen LogP contribution in [0.15, 0.2) is 59.5 Å². The fourth-order valence-corrected chi connectivity index (χ4v) is 3.60. The van der Waals surface area contributed by atoms with Gasteiger partial charge in [-0.1, -0.05) is 42.5 Å². The van der Waals surface area contributed by atoms with Crippen molar-refractivity contribution >= 4 is 41.0 Å². The van der Waals surface area contributed by atoms with E-state index in [4.69, 9.17) is 5.73 Å². The number of hydrogen-bond acceptors (Lipinski definition) is 5. The van der Waals surface area contributed by atoms with Gasteiger partial charge in [0.2, 0.25) is 11.8 Å². The average molecular weight is 377 g/mol. The Balaban J connectivity index is 1.81. The average Bonchev–Trinajstić information content (AvgIpc) is 2.61. The van der Waals surface area contributed by atoms with E-state index in [-0.39, 0.29) is 17.4 Å². The molecule has 0 aliphatic carbocycles. The van der Waals surface area contributed by atoms with Gasteiger partial charge < -0.3 is 16.2 Å². The number of amides is 2. The molecular weight excluding hydrogens is 356 g/mol. The summed E-state index contributed by atoms with van der Waals surface area (Å²) in [4.78, 5) is 23.8. The molecule has 1 atom stereocenters. The first-order chi connectivity index (χ1) is 12.1. The summed E-state index contributed by atoms with van der Waals surface area (Å²) < 4.78 is 0. The number of primary amides is 1. The molecule has 0 saturated carbocycles. The lowest BCUT2D eigenvalue weighted by molar-refractivity contribution is -0.115. The van der Waals surface area contributed by atoms with Crippen molar-refractivity contribution in [3.05, 3.63) is 60.2 Å². The Kier molecular flexibility index (Phi) is 7.84. The number of carbonyl (C=O) groups is 2. The lowest BCUT2D eigenvalue weighted by Crippen LogP contribution is -2.16. The molecule has 0 saturated heterocycles. The molecular formula is C18H20N2O3S2. The summed E-state index contributed by atoms with van der Waals surface area (Å²) in [5, 5.41) is 12.9. The van der Waals surface area contributed by atoms with Crippen LogP contribution in [-0.4, -0.2) is 34.2 Å². The van der Waals surface area contributed by atoms with Gasteiger partial charge in [-0.3, -0.25) is 9.59 Å². The van der Waals surface area contributed by atoms with E-state index in [1.165, 1.54) is 23.5 Å². The van der Waals surface area contributed by atoms with Crippen molar-refractivity contribution in [3.63, 3.8) is 0 Å². The molecule has 0 fully saturated rings. The molecule has 4 N–H and O–H groups in total. The van der Waals surface area contributed by atoms with Crippen LogP contribution < -0.4 is 11.1 Å². The molecule has 7 heteroatoms. The molecule has 1 unspecified atom stereocenters. The number of para-hydroxylation sites is 1. The Morgan fingerprint density at radius 2 is 1.72 bits per heavy atom. The number of thioether (sulfide) groups is 2. The maximum Gasteiger partial charge on any atom is 0.234 e. The molecule has 132 valence electrons. The number of hydrogen-bond donors (Lipinski definition) is 3. The number of anilines is 1. The fourth-order valence-electron chi connectivity index (χ4n) is 2.07. The summed E-state index contributed by atoms with van der Waals surface area (Å²) in [6, 6.07) is 16.6. The SMILES string of the molecule is NC(=O)CSc1ccccc1NC(=O)CSCC(O)c1ccccc1. The molecule has 0 bridgehead atoms. The number of nitrogens with two attached hydrogens (primary N) is 1. The van der Waals surface area contributed by atoms with Crippen molar-refractivity contribution in [2.45, 2.75) is 11.0 Å². The Labute approximate surface area is 155 Å². The van der Waals surface area contributed by atoms with Crippen LogP contribution in [0, 0.1) is 0 Å². The van der Waals surface area contributed by atoms with Crippen molar-refractivity contribution in [2.24, 2.45) is 5.73 Å². The molecule has 0 radical (unpaired) electrons. The molecule has 25 heavy (non-hydrogen) atoms. The fraction of sp³-hybridized carbons (Fsp3) is 0.222. The molecule has 0 spiro atoms. The predicted octanol–water partition coefficient (Wildman–Crippen LogP) is 2.67. The maximum atomic E-state index is 12.1. The van der Waals surface area contributed by atoms with E-state index < -0.39 is 12.0 Å². The lowest BCUT2D eigenvalue weighted by atomic mass is 10.1. The summed E-state index contributed by atoms with van der Waals surface area (Å²) in [5.41, 5.74) is 6.65. The highest BCUT2D eigenvalue weighted by molar-refractivity contribution is 8.00. The number of aliphatic hydroxyl groups excluding tert-OH is 1. The third-order valence-electron chi connectivity index (χ3n) is 3.22. The second-order valence-corrected chi connectivity index (χ2v) is 7.29. The zero-order valence-electron chi connectivity index (χ0n) is 13.6. The van der Waals surface area contributed by atoms with Crippen molar-refractivity contribution in [1.29, 1.82) is 0 Å². The van der Waals surface area contributed by atoms with Gasteiger partial charge in [0, 0.05) is 10.6 Å². The Hall–Kier alpha value is -1.96. The van der Waals surface area contributed by atoms with Crippen molar-refractivity contribution in [3.8, 4) is 0 Å². The minimum absolute atomic E-state index is 0.155. The highest BCUT2D eigenvalue weighted by Crippen LogP contribution is 2.27. The largest absolute Gasteiger partial charge is 0.388 e. The maximum absolute atomic E-state index is 12.1. The Bertz CT molecular complexity index is 710. The van der Waals surface area contributed by atoms with Gasteiger partial charge >= 0.3 is 0 Å². The Morgan fingerprint density at radius 3 is 2.44 bits per heavy atom. The first-order valence-corrected chi connectivity index (χ1v) is 9.81. The van der Waals surface area contributed by atoms with Crippen LogP contribution in [0.2, 0.25) is 0 Å². The van der Waals surface area contributed by atoms with E-state index >= 15 is 0 Å². The summed E-state index contributed by atoms with van der Waals surface area (Å²) in [5.74, 6) is 0.271. The van der Waals surface area contributed by atoms with Crippen molar-refractivity contribution < 1.29 is 14.7 Å². The quantitative estimate of drug-likeness (QED) is 0.585. The van der Waals surface area contributed by atoms with E-state index in [9.17, 15) is 14.7 Å². The zero-order chi connectivity index (χ0) is 18.1. The van der Waals surface area contributed by atoms with Gasteiger partial charge in [0.25, 0.3) is 0 Å². The van der Waals surface area contributed by atoms with E-state index in [0.29, 0.717) is 11.4 Å². The van der Waals surface area contributed by atoms with E-state index in [1.54, 1.807) is 6.07 Å². The minimum atomic E-state index is -0.600. The zero-order valence-corrected chi connectivity index (χ0v) is 15.2. The van der Waals surface area contributed by atoms with Crippen molar-refractivity contribution in [1.82, 2.24) is 0 Å². The Morgan fingerprint density at radius 1 is 1.04 bits per heavy atom. The number of nitrogens with one attached hydrogen (secondary N) is 1. The molecule has 0 aliphatic heterocycles. The van der Waals surface area contributed by atoms with Crippen LogP contribution in [0.3, 0.4) is 0 Å². The number of aliphatic hydroxyl groups is 1. The molecule has 0 aromatic heterocycles.